The Balaban J connectivity index is 0. The summed E-state index contributed by atoms with van der Waals surface area (Å²) < 4.78 is 4.68. The van der Waals surface area contributed by atoms with Crippen molar-refractivity contribution in [3.8, 4) is 5.75 Å². The molecule has 2 nitrogen and oxygen atoms in total. The SMILES string of the molecule is CC.[O-]POc1ccccc1.[Rb+]. The van der Waals surface area contributed by atoms with Gasteiger partial charge in [0.1, 0.15) is 5.75 Å². The van der Waals surface area contributed by atoms with Crippen LogP contribution in [0.3, 0.4) is 0 Å². The molecule has 0 aliphatic carbocycles. The van der Waals surface area contributed by atoms with E-state index in [4.69, 9.17) is 0 Å². The van der Waals surface area contributed by atoms with E-state index in [2.05, 4.69) is 4.52 Å². The fraction of sp³-hybridized carbons (Fsp3) is 0.250. The van der Waals surface area contributed by atoms with Gasteiger partial charge >= 0.3 is 58.2 Å². The molecule has 0 aromatic heterocycles. The van der Waals surface area contributed by atoms with Crippen LogP contribution in [0.2, 0.25) is 0 Å². The fourth-order valence-corrected chi connectivity index (χ4v) is 0.769. The van der Waals surface area contributed by atoms with Crippen LogP contribution < -0.4 is 67.6 Å². The first-order valence-electron chi connectivity index (χ1n) is 3.52. The van der Waals surface area contributed by atoms with Gasteiger partial charge in [-0.25, -0.2) is 0 Å². The average molecular weight is 257 g/mol. The van der Waals surface area contributed by atoms with Crippen molar-refractivity contribution < 1.29 is 67.6 Å². The molecule has 0 fully saturated rings. The standard InChI is InChI=1S/C6H6O2P.C2H6.Rb/c7-9-8-6-4-2-1-3-5-6;1-2;/h1-5,9H;1-2H3;/q-1;;+1. The molecule has 0 radical (unpaired) electrons. The number of hydrogen-bond donors (Lipinski definition) is 0. The molecule has 1 unspecified atom stereocenters. The first-order chi connectivity index (χ1) is 5.43. The van der Waals surface area contributed by atoms with Crippen LogP contribution in [0.5, 0.6) is 5.75 Å². The first kappa shape index (κ1) is 15.7. The van der Waals surface area contributed by atoms with Crippen molar-refractivity contribution >= 4 is 9.03 Å². The second-order valence-corrected chi connectivity index (χ2v) is 1.87. The van der Waals surface area contributed by atoms with Crippen molar-refractivity contribution in [3.05, 3.63) is 30.3 Å². The summed E-state index contributed by atoms with van der Waals surface area (Å²) >= 11 is 0. The van der Waals surface area contributed by atoms with E-state index in [1.165, 1.54) is 0 Å². The van der Waals surface area contributed by atoms with Crippen LogP contribution in [0.1, 0.15) is 13.8 Å². The van der Waals surface area contributed by atoms with E-state index in [-0.39, 0.29) is 58.2 Å². The van der Waals surface area contributed by atoms with Crippen LogP contribution in [0.4, 0.5) is 0 Å². The van der Waals surface area contributed by atoms with Crippen molar-refractivity contribution in [2.24, 2.45) is 0 Å². The van der Waals surface area contributed by atoms with Crippen LogP contribution in [0, 0.1) is 0 Å². The van der Waals surface area contributed by atoms with E-state index in [0.717, 1.165) is 0 Å². The summed E-state index contributed by atoms with van der Waals surface area (Å²) in [5, 5.41) is 0. The van der Waals surface area contributed by atoms with E-state index in [9.17, 15) is 4.89 Å². The molecule has 4 heteroatoms. The van der Waals surface area contributed by atoms with Gasteiger partial charge < -0.3 is 9.42 Å². The van der Waals surface area contributed by atoms with Gasteiger partial charge in [0.2, 0.25) is 0 Å². The van der Waals surface area contributed by atoms with Crippen molar-refractivity contribution in [1.29, 1.82) is 0 Å². The van der Waals surface area contributed by atoms with Gasteiger partial charge in [-0.1, -0.05) is 32.0 Å². The normalized spacial score (nSPS) is 8.25. The second kappa shape index (κ2) is 12.2. The topological polar surface area (TPSA) is 32.3 Å². The molecule has 0 heterocycles. The minimum absolute atomic E-state index is 0. The molecule has 1 rings (SSSR count). The van der Waals surface area contributed by atoms with E-state index in [1.807, 2.05) is 32.0 Å². The zero-order valence-electron chi connectivity index (χ0n) is 7.70. The Morgan fingerprint density at radius 2 is 1.67 bits per heavy atom. The van der Waals surface area contributed by atoms with Gasteiger partial charge in [0.15, 0.2) is 0 Å². The van der Waals surface area contributed by atoms with E-state index in [1.54, 1.807) is 12.1 Å². The molecule has 1 atom stereocenters. The van der Waals surface area contributed by atoms with Crippen LogP contribution in [0.15, 0.2) is 30.3 Å². The smallest absolute Gasteiger partial charge is 0.801 e. The molecule has 1 aromatic rings. The van der Waals surface area contributed by atoms with Crippen LogP contribution >= 0.6 is 9.03 Å². The third-order valence-corrected chi connectivity index (χ3v) is 1.22. The molecular formula is C8H12O2PRb. The quantitative estimate of drug-likeness (QED) is 0.634. The van der Waals surface area contributed by atoms with Crippen molar-refractivity contribution in [1.82, 2.24) is 0 Å². The summed E-state index contributed by atoms with van der Waals surface area (Å²) in [5.74, 6) is 0.644. The van der Waals surface area contributed by atoms with Gasteiger partial charge in [0, 0.05) is 0 Å². The molecule has 12 heavy (non-hydrogen) atoms. The summed E-state index contributed by atoms with van der Waals surface area (Å²) in [5.41, 5.74) is 0. The molecule has 0 aliphatic heterocycles. The maximum absolute atomic E-state index is 9.90. The Kier molecular flexibility index (Phi) is 16.0. The van der Waals surface area contributed by atoms with E-state index < -0.39 is 9.03 Å². The van der Waals surface area contributed by atoms with Crippen molar-refractivity contribution in [2.45, 2.75) is 13.8 Å². The first-order valence-corrected chi connectivity index (χ1v) is 4.34. The van der Waals surface area contributed by atoms with Gasteiger partial charge in [-0.3, -0.25) is 0 Å². The molecule has 0 N–H and O–H groups in total. The zero-order valence-corrected chi connectivity index (χ0v) is 13.6. The van der Waals surface area contributed by atoms with Gasteiger partial charge in [-0.05, 0) is 21.2 Å². The third-order valence-electron chi connectivity index (χ3n) is 0.903. The number of hydrogen-bond acceptors (Lipinski definition) is 2. The predicted octanol–water partition coefficient (Wildman–Crippen LogP) is -1.04. The minimum Gasteiger partial charge on any atom is -0.801 e. The summed E-state index contributed by atoms with van der Waals surface area (Å²) in [6.07, 6.45) is 0. The molecule has 0 bridgehead atoms. The molecule has 0 saturated heterocycles. The molecule has 1 aromatic carbocycles. The van der Waals surface area contributed by atoms with E-state index >= 15 is 0 Å². The Morgan fingerprint density at radius 1 is 1.17 bits per heavy atom. The Morgan fingerprint density at radius 3 is 2.08 bits per heavy atom. The molecule has 62 valence electrons. The Labute approximate surface area is 124 Å². The summed E-state index contributed by atoms with van der Waals surface area (Å²) in [6.45, 7) is 4.00. The Hall–Kier alpha value is 1.22. The zero-order chi connectivity index (χ0) is 8.53. The Bertz CT molecular complexity index is 170. The molecule has 0 spiro atoms. The molecule has 0 aliphatic rings. The van der Waals surface area contributed by atoms with E-state index in [0.29, 0.717) is 5.75 Å². The number of rotatable bonds is 2. The number of benzene rings is 1. The van der Waals surface area contributed by atoms with Gasteiger partial charge in [-0.2, -0.15) is 0 Å². The van der Waals surface area contributed by atoms with Crippen molar-refractivity contribution in [2.75, 3.05) is 0 Å². The minimum atomic E-state index is -0.715. The second-order valence-electron chi connectivity index (χ2n) is 1.50. The molecular weight excluding hydrogens is 245 g/mol. The average Bonchev–Trinajstić information content (AvgIpc) is 2.11. The number of para-hydroxylation sites is 1. The van der Waals surface area contributed by atoms with Crippen LogP contribution in [0.25, 0.3) is 0 Å². The molecule has 0 saturated carbocycles. The van der Waals surface area contributed by atoms with Crippen LogP contribution in [-0.2, 0) is 0 Å². The largest absolute Gasteiger partial charge is 1.00 e. The van der Waals surface area contributed by atoms with Crippen molar-refractivity contribution in [3.63, 3.8) is 0 Å². The summed E-state index contributed by atoms with van der Waals surface area (Å²) in [7, 11) is -0.715. The maximum atomic E-state index is 9.90. The van der Waals surface area contributed by atoms with Crippen LogP contribution in [-0.4, -0.2) is 0 Å². The molecule has 0 amide bonds. The third kappa shape index (κ3) is 7.84. The fourth-order valence-electron chi connectivity index (χ4n) is 0.537. The van der Waals surface area contributed by atoms with Gasteiger partial charge in [-0.15, -0.1) is 0 Å². The van der Waals surface area contributed by atoms with Gasteiger partial charge in [0.05, 0.1) is 0 Å². The monoisotopic (exact) mass is 256 g/mol. The summed E-state index contributed by atoms with van der Waals surface area (Å²) in [6, 6.07) is 9.04. The maximum Gasteiger partial charge on any atom is 1.00 e. The summed E-state index contributed by atoms with van der Waals surface area (Å²) in [4.78, 5) is 9.90. The van der Waals surface area contributed by atoms with Gasteiger partial charge in [0.25, 0.3) is 0 Å². The predicted molar refractivity (Wildman–Crippen MR) is 46.7 cm³/mol.